The molecule has 0 saturated carbocycles. The molecule has 1 fully saturated rings. The summed E-state index contributed by atoms with van der Waals surface area (Å²) >= 11 is 0. The van der Waals surface area contributed by atoms with E-state index < -0.39 is 0 Å². The minimum Gasteiger partial charge on any atom is -0.328 e. The van der Waals surface area contributed by atoms with E-state index in [1.807, 2.05) is 49.4 Å². The van der Waals surface area contributed by atoms with Gasteiger partial charge in [0.2, 0.25) is 11.8 Å². The number of amides is 2. The minimum atomic E-state index is -0.0903. The number of hydrogen-bond acceptors (Lipinski definition) is 3. The molecule has 0 spiro atoms. The van der Waals surface area contributed by atoms with Crippen LogP contribution in [0.4, 0.5) is 5.69 Å². The highest BCUT2D eigenvalue weighted by molar-refractivity contribution is 5.98. The predicted molar refractivity (Wildman–Crippen MR) is 111 cm³/mol. The first-order chi connectivity index (χ1) is 14.1. The molecule has 148 valence electrons. The van der Waals surface area contributed by atoms with E-state index in [0.717, 1.165) is 16.8 Å². The largest absolute Gasteiger partial charge is 0.328 e. The zero-order valence-electron chi connectivity index (χ0n) is 16.4. The number of hydrogen-bond donors (Lipinski definition) is 0. The Balaban J connectivity index is 1.58. The smallest absolute Gasteiger partial charge is 0.246 e. The summed E-state index contributed by atoms with van der Waals surface area (Å²) in [5.74, 6) is -0.127. The van der Waals surface area contributed by atoms with Crippen molar-refractivity contribution in [3.63, 3.8) is 0 Å². The molecular weight excluding hydrogens is 364 g/mol. The first-order valence-corrected chi connectivity index (χ1v) is 9.76. The van der Waals surface area contributed by atoms with Gasteiger partial charge < -0.3 is 14.4 Å². The van der Waals surface area contributed by atoms with Crippen LogP contribution in [-0.4, -0.2) is 45.4 Å². The summed E-state index contributed by atoms with van der Waals surface area (Å²) in [5.41, 5.74) is 3.17. The third kappa shape index (κ3) is 4.37. The van der Waals surface area contributed by atoms with E-state index in [-0.39, 0.29) is 30.9 Å². The molecule has 1 aromatic heterocycles. The van der Waals surface area contributed by atoms with Gasteiger partial charge in [0, 0.05) is 24.6 Å². The Morgan fingerprint density at radius 2 is 1.86 bits per heavy atom. The van der Waals surface area contributed by atoms with Crippen molar-refractivity contribution < 1.29 is 9.59 Å². The summed E-state index contributed by atoms with van der Waals surface area (Å²) in [6, 6.07) is 18.0. The van der Waals surface area contributed by atoms with Crippen LogP contribution in [0.25, 0.3) is 0 Å². The Kier molecular flexibility index (Phi) is 5.42. The summed E-state index contributed by atoms with van der Waals surface area (Å²) in [5, 5.41) is 0. The number of aromatic nitrogens is 2. The number of carbonyl (C=O) groups is 2. The standard InChI is InChI=1S/C23H24N4O2/c1-18-7-9-20(10-8-18)26-14-21(13-19-5-3-2-4-6-19)27(16-23(26)29)22(28)15-25-12-11-24-17-25/h2-12,17,21H,13-16H2,1H3. The average molecular weight is 388 g/mol. The van der Waals surface area contributed by atoms with E-state index in [0.29, 0.717) is 13.0 Å². The van der Waals surface area contributed by atoms with Crippen LogP contribution in [0.2, 0.25) is 0 Å². The second kappa shape index (κ2) is 8.31. The fourth-order valence-corrected chi connectivity index (χ4v) is 3.73. The van der Waals surface area contributed by atoms with Crippen LogP contribution in [0.15, 0.2) is 73.3 Å². The number of rotatable bonds is 5. The Morgan fingerprint density at radius 1 is 1.10 bits per heavy atom. The molecule has 1 unspecified atom stereocenters. The molecule has 6 heteroatoms. The fourth-order valence-electron chi connectivity index (χ4n) is 3.73. The monoisotopic (exact) mass is 388 g/mol. The average Bonchev–Trinajstić information content (AvgIpc) is 3.23. The van der Waals surface area contributed by atoms with E-state index in [4.69, 9.17) is 0 Å². The van der Waals surface area contributed by atoms with Crippen molar-refractivity contribution >= 4 is 17.5 Å². The van der Waals surface area contributed by atoms with Gasteiger partial charge in [-0.25, -0.2) is 4.98 Å². The zero-order valence-corrected chi connectivity index (χ0v) is 16.4. The molecule has 0 bridgehead atoms. The molecule has 4 rings (SSSR count). The third-order valence-corrected chi connectivity index (χ3v) is 5.30. The minimum absolute atomic E-state index is 0.0582. The number of carbonyl (C=O) groups excluding carboxylic acids is 2. The number of anilines is 1. The molecular formula is C23H24N4O2. The lowest BCUT2D eigenvalue weighted by Gasteiger charge is -2.41. The van der Waals surface area contributed by atoms with Gasteiger partial charge in [0.15, 0.2) is 0 Å². The summed E-state index contributed by atoms with van der Waals surface area (Å²) in [6.07, 6.45) is 5.73. The summed E-state index contributed by atoms with van der Waals surface area (Å²) in [7, 11) is 0. The fraction of sp³-hybridized carbons (Fsp3) is 0.261. The second-order valence-electron chi connectivity index (χ2n) is 7.44. The van der Waals surface area contributed by atoms with Crippen LogP contribution in [0.1, 0.15) is 11.1 Å². The summed E-state index contributed by atoms with van der Waals surface area (Å²) in [6.45, 7) is 2.77. The van der Waals surface area contributed by atoms with E-state index >= 15 is 0 Å². The van der Waals surface area contributed by atoms with Crippen molar-refractivity contribution in [2.75, 3.05) is 18.0 Å². The van der Waals surface area contributed by atoms with Gasteiger partial charge in [-0.05, 0) is 31.0 Å². The maximum Gasteiger partial charge on any atom is 0.246 e. The third-order valence-electron chi connectivity index (χ3n) is 5.30. The molecule has 1 saturated heterocycles. The molecule has 0 N–H and O–H groups in total. The summed E-state index contributed by atoms with van der Waals surface area (Å²) in [4.78, 5) is 33.4. The Labute approximate surface area is 170 Å². The molecule has 2 amide bonds. The number of nitrogens with zero attached hydrogens (tertiary/aromatic N) is 4. The van der Waals surface area contributed by atoms with Crippen molar-refractivity contribution in [3.8, 4) is 0 Å². The highest BCUT2D eigenvalue weighted by Crippen LogP contribution is 2.23. The molecule has 1 aliphatic heterocycles. The topological polar surface area (TPSA) is 58.4 Å². The number of imidazole rings is 1. The number of benzene rings is 2. The second-order valence-corrected chi connectivity index (χ2v) is 7.44. The van der Waals surface area contributed by atoms with Gasteiger partial charge in [-0.3, -0.25) is 9.59 Å². The van der Waals surface area contributed by atoms with Crippen molar-refractivity contribution in [1.29, 1.82) is 0 Å². The maximum atomic E-state index is 13.0. The molecule has 1 atom stereocenters. The van der Waals surface area contributed by atoms with Crippen LogP contribution >= 0.6 is 0 Å². The van der Waals surface area contributed by atoms with Gasteiger partial charge in [-0.1, -0.05) is 48.0 Å². The molecule has 2 aromatic carbocycles. The molecule has 1 aliphatic rings. The predicted octanol–water partition coefficient (Wildman–Crippen LogP) is 2.68. The Bertz CT molecular complexity index is 968. The van der Waals surface area contributed by atoms with Crippen LogP contribution in [-0.2, 0) is 22.6 Å². The molecule has 0 radical (unpaired) electrons. The van der Waals surface area contributed by atoms with Gasteiger partial charge in [0.05, 0.1) is 12.4 Å². The van der Waals surface area contributed by atoms with Crippen molar-refractivity contribution in [2.24, 2.45) is 0 Å². The van der Waals surface area contributed by atoms with Crippen molar-refractivity contribution in [3.05, 3.63) is 84.4 Å². The van der Waals surface area contributed by atoms with Gasteiger partial charge in [0.1, 0.15) is 13.1 Å². The highest BCUT2D eigenvalue weighted by atomic mass is 16.2. The number of piperazine rings is 1. The lowest BCUT2D eigenvalue weighted by Crippen LogP contribution is -2.59. The molecule has 6 nitrogen and oxygen atoms in total. The van der Waals surface area contributed by atoms with E-state index in [1.54, 1.807) is 33.1 Å². The summed E-state index contributed by atoms with van der Waals surface area (Å²) < 4.78 is 1.73. The normalized spacial score (nSPS) is 16.9. The zero-order chi connectivity index (χ0) is 20.2. The van der Waals surface area contributed by atoms with E-state index in [2.05, 4.69) is 17.1 Å². The van der Waals surface area contributed by atoms with E-state index in [1.165, 1.54) is 0 Å². The SMILES string of the molecule is Cc1ccc(N2CC(Cc3ccccc3)N(C(=O)Cn3ccnc3)CC2=O)cc1. The van der Waals surface area contributed by atoms with Crippen molar-refractivity contribution in [2.45, 2.75) is 25.9 Å². The van der Waals surface area contributed by atoms with Gasteiger partial charge in [-0.2, -0.15) is 0 Å². The van der Waals surface area contributed by atoms with Gasteiger partial charge in [-0.15, -0.1) is 0 Å². The molecule has 3 aromatic rings. The van der Waals surface area contributed by atoms with Crippen molar-refractivity contribution in [1.82, 2.24) is 14.5 Å². The maximum absolute atomic E-state index is 13.0. The quantitative estimate of drug-likeness (QED) is 0.675. The van der Waals surface area contributed by atoms with E-state index in [9.17, 15) is 9.59 Å². The van der Waals surface area contributed by atoms with Crippen LogP contribution < -0.4 is 4.90 Å². The first-order valence-electron chi connectivity index (χ1n) is 9.76. The van der Waals surface area contributed by atoms with Gasteiger partial charge in [0.25, 0.3) is 0 Å². The molecule has 29 heavy (non-hydrogen) atoms. The lowest BCUT2D eigenvalue weighted by atomic mass is 10.0. The van der Waals surface area contributed by atoms with Crippen LogP contribution in [0.3, 0.4) is 0 Å². The van der Waals surface area contributed by atoms with Gasteiger partial charge >= 0.3 is 0 Å². The first kappa shape index (κ1) is 18.9. The Morgan fingerprint density at radius 3 is 2.55 bits per heavy atom. The van der Waals surface area contributed by atoms with Crippen LogP contribution in [0.5, 0.6) is 0 Å². The molecule has 2 heterocycles. The van der Waals surface area contributed by atoms with Crippen LogP contribution in [0, 0.1) is 6.92 Å². The molecule has 0 aliphatic carbocycles. The Hall–Kier alpha value is -3.41. The lowest BCUT2D eigenvalue weighted by molar-refractivity contribution is -0.140. The number of aryl methyl sites for hydroxylation is 1. The highest BCUT2D eigenvalue weighted by Gasteiger charge is 2.35.